The summed E-state index contributed by atoms with van der Waals surface area (Å²) in [5.41, 5.74) is 1.82. The molecule has 1 aromatic rings. The summed E-state index contributed by atoms with van der Waals surface area (Å²) in [6.45, 7) is 0.547. The third-order valence-electron chi connectivity index (χ3n) is 1.49. The Hall–Kier alpha value is -1.26. The van der Waals surface area contributed by atoms with E-state index in [1.807, 2.05) is 24.3 Å². The summed E-state index contributed by atoms with van der Waals surface area (Å²) in [4.78, 5) is 14.4. The highest BCUT2D eigenvalue weighted by Gasteiger charge is 1.94. The van der Waals surface area contributed by atoms with Crippen LogP contribution < -0.4 is 5.90 Å². The predicted octanol–water partition coefficient (Wildman–Crippen LogP) is 1.34. The number of nitroso groups, excluding NO2 is 1. The Morgan fingerprint density at radius 2 is 2.17 bits per heavy atom. The van der Waals surface area contributed by atoms with Crippen LogP contribution in [0.5, 0.6) is 0 Å². The summed E-state index contributed by atoms with van der Waals surface area (Å²) >= 11 is 0. The molecule has 0 saturated heterocycles. The zero-order valence-corrected chi connectivity index (χ0v) is 6.56. The Balaban J connectivity index is 2.73. The monoisotopic (exact) mass is 166 g/mol. The van der Waals surface area contributed by atoms with Gasteiger partial charge in [-0.1, -0.05) is 29.4 Å². The lowest BCUT2D eigenvalue weighted by Gasteiger charge is -1.99. The summed E-state index contributed by atoms with van der Waals surface area (Å²) in [5, 5.41) is 2.79. The lowest BCUT2D eigenvalue weighted by Crippen LogP contribution is -1.99. The fourth-order valence-electron chi connectivity index (χ4n) is 0.989. The van der Waals surface area contributed by atoms with Crippen molar-refractivity contribution in [3.8, 4) is 0 Å². The topological polar surface area (TPSA) is 64.7 Å². The SMILES string of the molecule is NOCc1cccc(CN=O)c1. The number of benzene rings is 1. The molecule has 1 rings (SSSR count). The van der Waals surface area contributed by atoms with Crippen molar-refractivity contribution in [1.29, 1.82) is 0 Å². The molecule has 0 spiro atoms. The van der Waals surface area contributed by atoms with E-state index in [1.165, 1.54) is 0 Å². The van der Waals surface area contributed by atoms with Gasteiger partial charge in [-0.05, 0) is 11.1 Å². The number of rotatable bonds is 4. The van der Waals surface area contributed by atoms with E-state index in [0.29, 0.717) is 6.61 Å². The maximum absolute atomic E-state index is 9.94. The van der Waals surface area contributed by atoms with Crippen molar-refractivity contribution < 1.29 is 4.84 Å². The predicted molar refractivity (Wildman–Crippen MR) is 44.9 cm³/mol. The van der Waals surface area contributed by atoms with Crippen LogP contribution in [0, 0.1) is 4.91 Å². The third kappa shape index (κ3) is 2.41. The van der Waals surface area contributed by atoms with Crippen LogP contribution in [0.15, 0.2) is 29.4 Å². The molecule has 64 valence electrons. The standard InChI is InChI=1S/C8H10N2O2/c9-12-6-8-3-1-2-7(4-8)5-10-11/h1-4H,5-6,9H2. The quantitative estimate of drug-likeness (QED) is 0.542. The molecule has 0 aliphatic heterocycles. The molecule has 0 amide bonds. The average Bonchev–Trinajstić information content (AvgIpc) is 2.06. The molecule has 0 aliphatic rings. The molecular formula is C8H10N2O2. The van der Waals surface area contributed by atoms with Crippen LogP contribution in [0.25, 0.3) is 0 Å². The molecule has 4 nitrogen and oxygen atoms in total. The summed E-state index contributed by atoms with van der Waals surface area (Å²) in [5.74, 6) is 4.90. The van der Waals surface area contributed by atoms with E-state index in [2.05, 4.69) is 10.0 Å². The first-order chi connectivity index (χ1) is 5.86. The van der Waals surface area contributed by atoms with Gasteiger partial charge in [0.25, 0.3) is 0 Å². The fraction of sp³-hybridized carbons (Fsp3) is 0.250. The van der Waals surface area contributed by atoms with Gasteiger partial charge in [0, 0.05) is 0 Å². The number of nitrogens with zero attached hydrogens (tertiary/aromatic N) is 1. The first kappa shape index (κ1) is 8.83. The molecular weight excluding hydrogens is 156 g/mol. The molecule has 0 heterocycles. The molecule has 0 bridgehead atoms. The summed E-state index contributed by atoms with van der Waals surface area (Å²) < 4.78 is 0. The third-order valence-corrected chi connectivity index (χ3v) is 1.49. The minimum Gasteiger partial charge on any atom is -0.300 e. The van der Waals surface area contributed by atoms with Crippen molar-refractivity contribution >= 4 is 0 Å². The van der Waals surface area contributed by atoms with E-state index in [0.717, 1.165) is 11.1 Å². The van der Waals surface area contributed by atoms with Gasteiger partial charge >= 0.3 is 0 Å². The summed E-state index contributed by atoms with van der Waals surface area (Å²) in [6, 6.07) is 7.39. The van der Waals surface area contributed by atoms with Crippen LogP contribution in [0.3, 0.4) is 0 Å². The largest absolute Gasteiger partial charge is 0.300 e. The molecule has 12 heavy (non-hydrogen) atoms. The molecule has 0 radical (unpaired) electrons. The van der Waals surface area contributed by atoms with Gasteiger partial charge in [0.2, 0.25) is 0 Å². The minimum atomic E-state index is 0.193. The van der Waals surface area contributed by atoms with E-state index in [-0.39, 0.29) is 6.54 Å². The van der Waals surface area contributed by atoms with Crippen molar-refractivity contribution in [1.82, 2.24) is 0 Å². The highest BCUT2D eigenvalue weighted by molar-refractivity contribution is 5.22. The molecule has 0 aromatic heterocycles. The van der Waals surface area contributed by atoms with Crippen molar-refractivity contribution in [2.45, 2.75) is 13.2 Å². The second-order valence-electron chi connectivity index (χ2n) is 2.42. The van der Waals surface area contributed by atoms with E-state index in [1.54, 1.807) is 0 Å². The smallest absolute Gasteiger partial charge is 0.106 e. The zero-order chi connectivity index (χ0) is 8.81. The van der Waals surface area contributed by atoms with Gasteiger partial charge in [-0.2, -0.15) is 4.91 Å². The number of hydrogen-bond donors (Lipinski definition) is 1. The van der Waals surface area contributed by atoms with Gasteiger partial charge in [-0.15, -0.1) is 0 Å². The lowest BCUT2D eigenvalue weighted by molar-refractivity contribution is 0.124. The molecule has 0 fully saturated rings. The maximum Gasteiger partial charge on any atom is 0.106 e. The van der Waals surface area contributed by atoms with Crippen LogP contribution in [0.4, 0.5) is 0 Å². The van der Waals surface area contributed by atoms with Crippen molar-refractivity contribution in [2.75, 3.05) is 0 Å². The fourth-order valence-corrected chi connectivity index (χ4v) is 0.989. The Kier molecular flexibility index (Phi) is 3.37. The number of hydrogen-bond acceptors (Lipinski definition) is 4. The van der Waals surface area contributed by atoms with Crippen molar-refractivity contribution in [3.63, 3.8) is 0 Å². The van der Waals surface area contributed by atoms with Gasteiger partial charge in [0.1, 0.15) is 6.54 Å². The van der Waals surface area contributed by atoms with Crippen LogP contribution in [0.1, 0.15) is 11.1 Å². The van der Waals surface area contributed by atoms with E-state index in [4.69, 9.17) is 5.90 Å². The van der Waals surface area contributed by atoms with Crippen LogP contribution in [-0.4, -0.2) is 0 Å². The zero-order valence-electron chi connectivity index (χ0n) is 6.56. The summed E-state index contributed by atoms with van der Waals surface area (Å²) in [6.07, 6.45) is 0. The molecule has 0 aliphatic carbocycles. The molecule has 2 N–H and O–H groups in total. The van der Waals surface area contributed by atoms with Crippen LogP contribution in [0.2, 0.25) is 0 Å². The maximum atomic E-state index is 9.94. The summed E-state index contributed by atoms with van der Waals surface area (Å²) in [7, 11) is 0. The normalized spacial score (nSPS) is 9.75. The van der Waals surface area contributed by atoms with Gasteiger partial charge in [-0.3, -0.25) is 4.84 Å². The molecule has 4 heteroatoms. The molecule has 0 unspecified atom stereocenters. The highest BCUT2D eigenvalue weighted by atomic mass is 16.6. The minimum absolute atomic E-state index is 0.193. The Morgan fingerprint density at radius 1 is 1.42 bits per heavy atom. The second-order valence-corrected chi connectivity index (χ2v) is 2.42. The first-order valence-electron chi connectivity index (χ1n) is 3.55. The lowest BCUT2D eigenvalue weighted by atomic mass is 10.1. The Bertz CT molecular complexity index is 263. The van der Waals surface area contributed by atoms with Gasteiger partial charge in [0.15, 0.2) is 0 Å². The van der Waals surface area contributed by atoms with E-state index >= 15 is 0 Å². The van der Waals surface area contributed by atoms with Crippen molar-refractivity contribution in [3.05, 3.63) is 40.3 Å². The highest BCUT2D eigenvalue weighted by Crippen LogP contribution is 2.06. The molecule has 0 saturated carbocycles. The second kappa shape index (κ2) is 4.58. The van der Waals surface area contributed by atoms with Crippen LogP contribution >= 0.6 is 0 Å². The average molecular weight is 166 g/mol. The Morgan fingerprint density at radius 3 is 2.83 bits per heavy atom. The van der Waals surface area contributed by atoms with Crippen LogP contribution in [-0.2, 0) is 18.0 Å². The molecule has 0 atom stereocenters. The Labute approximate surface area is 70.3 Å². The van der Waals surface area contributed by atoms with Gasteiger partial charge < -0.3 is 0 Å². The molecule has 1 aromatic carbocycles. The number of nitrogens with two attached hydrogens (primary N) is 1. The van der Waals surface area contributed by atoms with E-state index < -0.39 is 0 Å². The first-order valence-corrected chi connectivity index (χ1v) is 3.55. The van der Waals surface area contributed by atoms with Gasteiger partial charge in [-0.25, -0.2) is 5.90 Å². The van der Waals surface area contributed by atoms with Crippen molar-refractivity contribution in [2.24, 2.45) is 11.1 Å². The van der Waals surface area contributed by atoms with E-state index in [9.17, 15) is 4.91 Å². The van der Waals surface area contributed by atoms with Gasteiger partial charge in [0.05, 0.1) is 6.61 Å².